The van der Waals surface area contributed by atoms with Crippen molar-refractivity contribution >= 4 is 50.7 Å². The van der Waals surface area contributed by atoms with Gasteiger partial charge in [-0.05, 0) is 55.8 Å². The van der Waals surface area contributed by atoms with Crippen LogP contribution in [0.25, 0.3) is 0 Å². The smallest absolute Gasteiger partial charge is 0.244 e. The number of nitrogens with zero attached hydrogens (tertiary/aromatic N) is 2. The average molecular weight is 516 g/mol. The first-order valence-electron chi connectivity index (χ1n) is 10.1. The number of nitrogens with one attached hydrogen (secondary N) is 1. The van der Waals surface area contributed by atoms with E-state index < -0.39 is 28.5 Å². The summed E-state index contributed by atoms with van der Waals surface area (Å²) >= 11 is 12.1. The lowest BCUT2D eigenvalue weighted by Gasteiger charge is -2.31. The molecule has 0 saturated heterocycles. The van der Waals surface area contributed by atoms with E-state index in [1.807, 2.05) is 0 Å². The van der Waals surface area contributed by atoms with Crippen molar-refractivity contribution in [3.63, 3.8) is 0 Å². The van der Waals surface area contributed by atoms with Crippen LogP contribution < -0.4 is 14.4 Å². The highest BCUT2D eigenvalue weighted by atomic mass is 35.5. The van der Waals surface area contributed by atoms with Gasteiger partial charge in [0.25, 0.3) is 0 Å². The van der Waals surface area contributed by atoms with Gasteiger partial charge in [0, 0.05) is 13.1 Å². The Hall–Kier alpha value is -2.49. The molecular weight excluding hydrogens is 489 g/mol. The molecule has 8 nitrogen and oxygen atoms in total. The molecule has 2 aromatic carbocycles. The topological polar surface area (TPSA) is 96.0 Å². The van der Waals surface area contributed by atoms with Crippen LogP contribution in [0.4, 0.5) is 5.69 Å². The summed E-state index contributed by atoms with van der Waals surface area (Å²) in [4.78, 5) is 27.2. The summed E-state index contributed by atoms with van der Waals surface area (Å²) in [5.41, 5.74) is 0.941. The maximum Gasteiger partial charge on any atom is 0.244 e. The number of sulfonamides is 1. The van der Waals surface area contributed by atoms with Crippen molar-refractivity contribution in [3.8, 4) is 5.75 Å². The van der Waals surface area contributed by atoms with E-state index in [-0.39, 0.29) is 12.5 Å². The van der Waals surface area contributed by atoms with Gasteiger partial charge in [0.05, 0.1) is 29.1 Å². The van der Waals surface area contributed by atoms with Crippen LogP contribution in [0.5, 0.6) is 5.75 Å². The monoisotopic (exact) mass is 515 g/mol. The second-order valence-corrected chi connectivity index (χ2v) is 10.0. The highest BCUT2D eigenvalue weighted by Crippen LogP contribution is 2.25. The summed E-state index contributed by atoms with van der Waals surface area (Å²) in [6.45, 7) is 3.28. The molecule has 0 aliphatic rings. The van der Waals surface area contributed by atoms with Crippen LogP contribution in [-0.2, 0) is 26.2 Å². The van der Waals surface area contributed by atoms with Crippen LogP contribution in [0.15, 0.2) is 42.5 Å². The van der Waals surface area contributed by atoms with Gasteiger partial charge in [-0.2, -0.15) is 0 Å². The molecular formula is C22H27Cl2N3O5S. The maximum atomic E-state index is 13.4. The Kier molecular flexibility index (Phi) is 9.39. The van der Waals surface area contributed by atoms with Crippen LogP contribution in [0, 0.1) is 0 Å². The summed E-state index contributed by atoms with van der Waals surface area (Å²) < 4.78 is 31.1. The number of halogens is 2. The highest BCUT2D eigenvalue weighted by Gasteiger charge is 2.30. The van der Waals surface area contributed by atoms with Crippen molar-refractivity contribution in [3.05, 3.63) is 58.1 Å². The van der Waals surface area contributed by atoms with Gasteiger partial charge in [0.15, 0.2) is 0 Å². The zero-order valence-corrected chi connectivity index (χ0v) is 21.2. The predicted octanol–water partition coefficient (Wildman–Crippen LogP) is 3.32. The Morgan fingerprint density at radius 1 is 1.09 bits per heavy atom. The molecule has 0 aromatic heterocycles. The van der Waals surface area contributed by atoms with Gasteiger partial charge in [-0.15, -0.1) is 0 Å². The summed E-state index contributed by atoms with van der Waals surface area (Å²) in [6.07, 6.45) is 1.01. The van der Waals surface area contributed by atoms with Gasteiger partial charge < -0.3 is 15.0 Å². The largest absolute Gasteiger partial charge is 0.497 e. The molecule has 33 heavy (non-hydrogen) atoms. The Bertz CT molecular complexity index is 1090. The van der Waals surface area contributed by atoms with E-state index in [1.54, 1.807) is 56.3 Å². The van der Waals surface area contributed by atoms with Gasteiger partial charge >= 0.3 is 0 Å². The molecule has 0 fully saturated rings. The van der Waals surface area contributed by atoms with Gasteiger partial charge in [-0.25, -0.2) is 8.42 Å². The molecule has 0 aliphatic carbocycles. The standard InChI is InChI=1S/C22H27Cl2N3O5S/c1-5-25-22(29)15(2)26(13-16-6-11-19(23)20(24)12-16)21(28)14-27(33(4,30)31)17-7-9-18(32-3)10-8-17/h6-12,15H,5,13-14H2,1-4H3,(H,25,29)/t15-/m1/s1. The molecule has 2 amide bonds. The highest BCUT2D eigenvalue weighted by molar-refractivity contribution is 7.92. The SMILES string of the molecule is CCNC(=O)[C@@H](C)N(Cc1ccc(Cl)c(Cl)c1)C(=O)CN(c1ccc(OC)cc1)S(C)(=O)=O. The van der Waals surface area contributed by atoms with Crippen LogP contribution in [0.2, 0.25) is 10.0 Å². The van der Waals surface area contributed by atoms with Crippen molar-refractivity contribution in [2.24, 2.45) is 0 Å². The fourth-order valence-electron chi connectivity index (χ4n) is 3.10. The fraction of sp³-hybridized carbons (Fsp3) is 0.364. The van der Waals surface area contributed by atoms with Gasteiger partial charge in [0.1, 0.15) is 18.3 Å². The first-order valence-corrected chi connectivity index (χ1v) is 12.7. The van der Waals surface area contributed by atoms with E-state index in [9.17, 15) is 18.0 Å². The van der Waals surface area contributed by atoms with Crippen LogP contribution >= 0.6 is 23.2 Å². The Morgan fingerprint density at radius 3 is 2.24 bits per heavy atom. The predicted molar refractivity (Wildman–Crippen MR) is 130 cm³/mol. The average Bonchev–Trinajstić information content (AvgIpc) is 2.77. The molecule has 11 heteroatoms. The van der Waals surface area contributed by atoms with E-state index in [1.165, 1.54) is 12.0 Å². The number of likely N-dealkylation sites (N-methyl/N-ethyl adjacent to an activating group) is 1. The van der Waals surface area contributed by atoms with Gasteiger partial charge in [-0.3, -0.25) is 13.9 Å². The molecule has 0 radical (unpaired) electrons. The molecule has 1 atom stereocenters. The zero-order chi connectivity index (χ0) is 24.8. The summed E-state index contributed by atoms with van der Waals surface area (Å²) in [7, 11) is -2.31. The molecule has 2 rings (SSSR count). The molecule has 0 saturated carbocycles. The quantitative estimate of drug-likeness (QED) is 0.523. The lowest BCUT2D eigenvalue weighted by Crippen LogP contribution is -2.51. The Balaban J connectivity index is 2.39. The number of carbonyl (C=O) groups is 2. The lowest BCUT2D eigenvalue weighted by molar-refractivity contribution is -0.139. The second-order valence-electron chi connectivity index (χ2n) is 7.31. The summed E-state index contributed by atoms with van der Waals surface area (Å²) in [6, 6.07) is 10.3. The van der Waals surface area contributed by atoms with E-state index in [0.717, 1.165) is 10.6 Å². The number of amides is 2. The zero-order valence-electron chi connectivity index (χ0n) is 18.8. The van der Waals surface area contributed by atoms with Crippen molar-refractivity contribution < 1.29 is 22.7 Å². The van der Waals surface area contributed by atoms with Crippen LogP contribution in [0.3, 0.4) is 0 Å². The number of hydrogen-bond acceptors (Lipinski definition) is 5. The van der Waals surface area contributed by atoms with E-state index >= 15 is 0 Å². The number of rotatable bonds is 10. The molecule has 2 aromatic rings. The first kappa shape index (κ1) is 26.8. The third kappa shape index (κ3) is 7.25. The molecule has 0 aliphatic heterocycles. The minimum absolute atomic E-state index is 0.0360. The van der Waals surface area contributed by atoms with Crippen LogP contribution in [-0.4, -0.2) is 57.6 Å². The third-order valence-corrected chi connectivity index (χ3v) is 6.77. The number of methoxy groups -OCH3 is 1. The fourth-order valence-corrected chi connectivity index (χ4v) is 4.27. The third-order valence-electron chi connectivity index (χ3n) is 4.89. The number of benzene rings is 2. The van der Waals surface area contributed by atoms with Crippen molar-refractivity contribution in [2.45, 2.75) is 26.4 Å². The number of hydrogen-bond donors (Lipinski definition) is 1. The molecule has 0 heterocycles. The van der Waals surface area contributed by atoms with E-state index in [4.69, 9.17) is 27.9 Å². The van der Waals surface area contributed by atoms with E-state index in [0.29, 0.717) is 33.6 Å². The van der Waals surface area contributed by atoms with Gasteiger partial charge in [-0.1, -0.05) is 29.3 Å². The first-order chi connectivity index (χ1) is 15.5. The Morgan fingerprint density at radius 2 is 1.73 bits per heavy atom. The summed E-state index contributed by atoms with van der Waals surface area (Å²) in [5, 5.41) is 3.36. The molecule has 0 bridgehead atoms. The number of anilines is 1. The molecule has 180 valence electrons. The van der Waals surface area contributed by atoms with Gasteiger partial charge in [0.2, 0.25) is 21.8 Å². The molecule has 1 N–H and O–H groups in total. The maximum absolute atomic E-state index is 13.4. The second kappa shape index (κ2) is 11.6. The minimum Gasteiger partial charge on any atom is -0.497 e. The van der Waals surface area contributed by atoms with Crippen molar-refractivity contribution in [1.29, 1.82) is 0 Å². The van der Waals surface area contributed by atoms with E-state index in [2.05, 4.69) is 5.32 Å². The minimum atomic E-state index is -3.80. The van der Waals surface area contributed by atoms with Crippen molar-refractivity contribution in [1.82, 2.24) is 10.2 Å². The van der Waals surface area contributed by atoms with Crippen molar-refractivity contribution in [2.75, 3.05) is 30.8 Å². The summed E-state index contributed by atoms with van der Waals surface area (Å²) in [5.74, 6) is -0.369. The van der Waals surface area contributed by atoms with Crippen LogP contribution in [0.1, 0.15) is 19.4 Å². The normalized spacial score (nSPS) is 12.1. The number of carbonyl (C=O) groups excluding carboxylic acids is 2. The molecule has 0 unspecified atom stereocenters. The Labute approximate surface area is 204 Å². The number of ether oxygens (including phenoxy) is 1. The molecule has 0 spiro atoms. The lowest BCUT2D eigenvalue weighted by atomic mass is 10.1.